The summed E-state index contributed by atoms with van der Waals surface area (Å²) in [6, 6.07) is 7.64. The van der Waals surface area contributed by atoms with Crippen molar-refractivity contribution >= 4 is 5.70 Å². The number of benzene rings is 1. The van der Waals surface area contributed by atoms with E-state index in [2.05, 4.69) is 17.5 Å². The molecule has 2 aromatic rings. The molecule has 0 saturated carbocycles. The maximum atomic E-state index is 5.47. The van der Waals surface area contributed by atoms with Crippen LogP contribution in [0.25, 0.3) is 5.70 Å². The first-order valence-corrected chi connectivity index (χ1v) is 5.16. The first-order chi connectivity index (χ1) is 8.33. The molecule has 0 atom stereocenters. The molecule has 0 fully saturated rings. The second-order valence-corrected chi connectivity index (χ2v) is 3.41. The molecule has 0 aliphatic rings. The number of hydrogen-bond donors (Lipinski definition) is 0. The molecule has 2 rings (SSSR count). The highest BCUT2D eigenvalue weighted by molar-refractivity contribution is 5.68. The lowest BCUT2D eigenvalue weighted by Crippen LogP contribution is -2.00. The number of rotatable bonds is 4. The van der Waals surface area contributed by atoms with E-state index in [1.54, 1.807) is 12.5 Å². The summed E-state index contributed by atoms with van der Waals surface area (Å²) >= 11 is 0. The predicted octanol–water partition coefficient (Wildman–Crippen LogP) is 2.41. The minimum absolute atomic E-state index is 0.244. The van der Waals surface area contributed by atoms with Crippen molar-refractivity contribution in [3.05, 3.63) is 55.1 Å². The molecule has 0 saturated heterocycles. The Hall–Kier alpha value is -2.47. The summed E-state index contributed by atoms with van der Waals surface area (Å²) in [5.41, 5.74) is 1.70. The van der Waals surface area contributed by atoms with Crippen molar-refractivity contribution in [1.29, 1.82) is 0 Å². The number of hydrogen-bond acceptors (Lipinski definition) is 2. The number of ether oxygens (including phenoxy) is 1. The van der Waals surface area contributed by atoms with Crippen molar-refractivity contribution in [2.75, 3.05) is 6.61 Å². The molecule has 0 unspecified atom stereocenters. The fraction of sp³-hybridized carbons (Fsp3) is 0.0714. The normalized spacial score (nSPS) is 9.59. The minimum atomic E-state index is 0.244. The van der Waals surface area contributed by atoms with Crippen molar-refractivity contribution in [3.63, 3.8) is 0 Å². The van der Waals surface area contributed by atoms with Gasteiger partial charge in [-0.25, -0.2) is 4.98 Å². The number of aromatic nitrogens is 2. The van der Waals surface area contributed by atoms with Gasteiger partial charge < -0.3 is 9.30 Å². The standard InChI is InChI=1S/C14H12N2O/c1-3-10-17-14-7-5-4-6-13(14)12(2)16-9-8-15-11-16/h1,4-9,11H,2,10H2. The van der Waals surface area contributed by atoms with Gasteiger partial charge in [-0.1, -0.05) is 24.6 Å². The number of nitrogens with zero attached hydrogens (tertiary/aromatic N) is 2. The van der Waals surface area contributed by atoms with E-state index in [0.717, 1.165) is 17.0 Å². The maximum Gasteiger partial charge on any atom is 0.148 e. The lowest BCUT2D eigenvalue weighted by Gasteiger charge is -2.12. The zero-order valence-corrected chi connectivity index (χ0v) is 9.34. The van der Waals surface area contributed by atoms with Gasteiger partial charge in [-0.05, 0) is 12.1 Å². The molecule has 3 nitrogen and oxygen atoms in total. The van der Waals surface area contributed by atoms with Crippen LogP contribution in [0.5, 0.6) is 5.75 Å². The van der Waals surface area contributed by atoms with Crippen LogP contribution in [0, 0.1) is 12.3 Å². The summed E-state index contributed by atoms with van der Waals surface area (Å²) in [6.07, 6.45) is 10.4. The summed E-state index contributed by atoms with van der Waals surface area (Å²) in [6.45, 7) is 4.27. The zero-order valence-electron chi connectivity index (χ0n) is 9.34. The highest BCUT2D eigenvalue weighted by Crippen LogP contribution is 2.25. The molecule has 17 heavy (non-hydrogen) atoms. The van der Waals surface area contributed by atoms with Crippen molar-refractivity contribution in [2.24, 2.45) is 0 Å². The molecular weight excluding hydrogens is 212 g/mol. The largest absolute Gasteiger partial charge is 0.480 e. The van der Waals surface area contributed by atoms with Crippen LogP contribution in [0.3, 0.4) is 0 Å². The maximum absolute atomic E-state index is 5.47. The number of para-hydroxylation sites is 1. The Morgan fingerprint density at radius 3 is 3.00 bits per heavy atom. The smallest absolute Gasteiger partial charge is 0.148 e. The summed E-state index contributed by atoms with van der Waals surface area (Å²) < 4.78 is 7.31. The first kappa shape index (κ1) is 11.0. The van der Waals surface area contributed by atoms with Crippen LogP contribution in [0.15, 0.2) is 49.6 Å². The van der Waals surface area contributed by atoms with Crippen molar-refractivity contribution in [1.82, 2.24) is 9.55 Å². The average molecular weight is 224 g/mol. The van der Waals surface area contributed by atoms with Gasteiger partial charge >= 0.3 is 0 Å². The molecular formula is C14H12N2O. The number of imidazole rings is 1. The van der Waals surface area contributed by atoms with Crippen molar-refractivity contribution in [2.45, 2.75) is 0 Å². The van der Waals surface area contributed by atoms with E-state index in [9.17, 15) is 0 Å². The average Bonchev–Trinajstić information content (AvgIpc) is 2.89. The molecule has 1 heterocycles. The Morgan fingerprint density at radius 1 is 1.47 bits per heavy atom. The highest BCUT2D eigenvalue weighted by atomic mass is 16.5. The van der Waals surface area contributed by atoms with Gasteiger partial charge in [0.05, 0.1) is 12.0 Å². The fourth-order valence-electron chi connectivity index (χ4n) is 1.51. The Bertz CT molecular complexity index is 550. The van der Waals surface area contributed by atoms with Gasteiger partial charge in [0, 0.05) is 18.0 Å². The van der Waals surface area contributed by atoms with Crippen LogP contribution in [0.2, 0.25) is 0 Å². The van der Waals surface area contributed by atoms with Gasteiger partial charge in [-0.3, -0.25) is 0 Å². The van der Waals surface area contributed by atoms with E-state index >= 15 is 0 Å². The van der Waals surface area contributed by atoms with Crippen molar-refractivity contribution < 1.29 is 4.74 Å². The zero-order chi connectivity index (χ0) is 12.1. The molecule has 0 aliphatic heterocycles. The number of terminal acetylenes is 1. The molecule has 84 valence electrons. The Labute approximate surface area is 100 Å². The Balaban J connectivity index is 2.32. The van der Waals surface area contributed by atoms with Gasteiger partial charge in [-0.15, -0.1) is 6.42 Å². The van der Waals surface area contributed by atoms with E-state index in [1.165, 1.54) is 0 Å². The Kier molecular flexibility index (Phi) is 3.27. The van der Waals surface area contributed by atoms with Crippen LogP contribution in [0.4, 0.5) is 0 Å². The van der Waals surface area contributed by atoms with Crippen LogP contribution >= 0.6 is 0 Å². The third-order valence-corrected chi connectivity index (χ3v) is 2.33. The third kappa shape index (κ3) is 2.37. The molecule has 0 spiro atoms. The van der Waals surface area contributed by atoms with Gasteiger partial charge in [0.1, 0.15) is 12.4 Å². The van der Waals surface area contributed by atoms with E-state index in [0.29, 0.717) is 0 Å². The monoisotopic (exact) mass is 224 g/mol. The fourth-order valence-corrected chi connectivity index (χ4v) is 1.51. The lowest BCUT2D eigenvalue weighted by atomic mass is 10.1. The van der Waals surface area contributed by atoms with Gasteiger partial charge in [-0.2, -0.15) is 0 Å². The third-order valence-electron chi connectivity index (χ3n) is 2.33. The lowest BCUT2D eigenvalue weighted by molar-refractivity contribution is 0.369. The second kappa shape index (κ2) is 5.04. The highest BCUT2D eigenvalue weighted by Gasteiger charge is 2.07. The van der Waals surface area contributed by atoms with E-state index < -0.39 is 0 Å². The SMILES string of the molecule is C#CCOc1ccccc1C(=C)n1ccnc1. The second-order valence-electron chi connectivity index (χ2n) is 3.41. The molecule has 0 aliphatic carbocycles. The van der Waals surface area contributed by atoms with E-state index in [4.69, 9.17) is 11.2 Å². The van der Waals surface area contributed by atoms with Crippen LogP contribution in [-0.4, -0.2) is 16.2 Å². The molecule has 1 aromatic carbocycles. The predicted molar refractivity (Wildman–Crippen MR) is 67.4 cm³/mol. The molecule has 0 N–H and O–H groups in total. The van der Waals surface area contributed by atoms with E-state index in [1.807, 2.05) is 35.0 Å². The summed E-state index contributed by atoms with van der Waals surface area (Å²) in [5, 5.41) is 0. The summed E-state index contributed by atoms with van der Waals surface area (Å²) in [7, 11) is 0. The quantitative estimate of drug-likeness (QED) is 0.746. The van der Waals surface area contributed by atoms with Gasteiger partial charge in [0.15, 0.2) is 0 Å². The van der Waals surface area contributed by atoms with Crippen LogP contribution < -0.4 is 4.74 Å². The summed E-state index contributed by atoms with van der Waals surface area (Å²) in [4.78, 5) is 3.99. The van der Waals surface area contributed by atoms with Gasteiger partial charge in [0.2, 0.25) is 0 Å². The van der Waals surface area contributed by atoms with E-state index in [-0.39, 0.29) is 6.61 Å². The van der Waals surface area contributed by atoms with Crippen molar-refractivity contribution in [3.8, 4) is 18.1 Å². The topological polar surface area (TPSA) is 27.1 Å². The van der Waals surface area contributed by atoms with Gasteiger partial charge in [0.25, 0.3) is 0 Å². The molecule has 0 amide bonds. The molecule has 3 heteroatoms. The molecule has 0 radical (unpaired) electrons. The van der Waals surface area contributed by atoms with Crippen LogP contribution in [-0.2, 0) is 0 Å². The summed E-state index contributed by atoms with van der Waals surface area (Å²) in [5.74, 6) is 3.17. The minimum Gasteiger partial charge on any atom is -0.480 e. The van der Waals surface area contributed by atoms with Crippen LogP contribution in [0.1, 0.15) is 5.56 Å². The molecule has 1 aromatic heterocycles. The Morgan fingerprint density at radius 2 is 2.29 bits per heavy atom. The first-order valence-electron chi connectivity index (χ1n) is 5.16. The molecule has 0 bridgehead atoms.